The average Bonchev–Trinajstić information content (AvgIpc) is 2.37. The monoisotopic (exact) mass is 283 g/mol. The Balaban J connectivity index is 2.51. The largest absolute Gasteiger partial charge is 0.326 e. The maximum absolute atomic E-state index is 13.1. The van der Waals surface area contributed by atoms with Crippen molar-refractivity contribution in [2.24, 2.45) is 5.73 Å². The third kappa shape index (κ3) is 2.80. The number of hydrogen-bond acceptors (Lipinski definition) is 3. The molecule has 2 rings (SSSR count). The molecule has 0 radical (unpaired) electrons. The van der Waals surface area contributed by atoms with E-state index in [4.69, 9.17) is 5.73 Å². The highest BCUT2D eigenvalue weighted by Crippen LogP contribution is 2.22. The summed E-state index contributed by atoms with van der Waals surface area (Å²) in [6.07, 6.45) is 0. The van der Waals surface area contributed by atoms with Crippen LogP contribution >= 0.6 is 0 Å². The van der Waals surface area contributed by atoms with Gasteiger partial charge in [0.25, 0.3) is 0 Å². The van der Waals surface area contributed by atoms with Gasteiger partial charge in [0, 0.05) is 12.6 Å². The molecule has 0 unspecified atom stereocenters. The Morgan fingerprint density at radius 1 is 0.895 bits per heavy atom. The van der Waals surface area contributed by atoms with Gasteiger partial charge in [-0.25, -0.2) is 17.2 Å². The topological polar surface area (TPSA) is 60.2 Å². The molecule has 19 heavy (non-hydrogen) atoms. The summed E-state index contributed by atoms with van der Waals surface area (Å²) in [6.45, 7) is 0.287. The van der Waals surface area contributed by atoms with Crippen molar-refractivity contribution in [2.75, 3.05) is 0 Å². The van der Waals surface area contributed by atoms with Crippen molar-refractivity contribution in [3.05, 3.63) is 59.7 Å². The first-order chi connectivity index (χ1) is 8.93. The number of nitrogens with two attached hydrogens (primary N) is 1. The van der Waals surface area contributed by atoms with Gasteiger partial charge in [-0.3, -0.25) is 0 Å². The number of benzene rings is 2. The van der Waals surface area contributed by atoms with E-state index in [2.05, 4.69) is 0 Å². The van der Waals surface area contributed by atoms with Crippen molar-refractivity contribution in [3.8, 4) is 0 Å². The lowest BCUT2D eigenvalue weighted by Gasteiger charge is -2.06. The summed E-state index contributed by atoms with van der Waals surface area (Å²) in [5.41, 5.74) is 6.18. The van der Waals surface area contributed by atoms with Gasteiger partial charge in [-0.15, -0.1) is 0 Å². The third-order valence-corrected chi connectivity index (χ3v) is 4.36. The molecule has 0 aliphatic rings. The van der Waals surface area contributed by atoms with Gasteiger partial charge in [-0.05, 0) is 29.8 Å². The fourth-order valence-electron chi connectivity index (χ4n) is 1.62. The molecule has 0 saturated heterocycles. The first kappa shape index (κ1) is 13.6. The number of halogens is 2. The maximum Gasteiger partial charge on any atom is 0.206 e. The van der Waals surface area contributed by atoms with Crippen LogP contribution in [0.5, 0.6) is 0 Å². The standard InChI is InChI=1S/C13H11F2NO2S/c14-10-5-11(15)7-13(6-10)19(17,18)12-3-1-9(8-16)2-4-12/h1-7H,8,16H2. The van der Waals surface area contributed by atoms with Crippen molar-refractivity contribution in [1.82, 2.24) is 0 Å². The SMILES string of the molecule is NCc1ccc(S(=O)(=O)c2cc(F)cc(F)c2)cc1. The van der Waals surface area contributed by atoms with Crippen molar-refractivity contribution < 1.29 is 17.2 Å². The zero-order valence-corrected chi connectivity index (χ0v) is 10.6. The molecule has 100 valence electrons. The quantitative estimate of drug-likeness (QED) is 0.940. The fraction of sp³-hybridized carbons (Fsp3) is 0.0769. The molecule has 2 aromatic rings. The number of rotatable bonds is 3. The van der Waals surface area contributed by atoms with Gasteiger partial charge in [0.15, 0.2) is 0 Å². The summed E-state index contributed by atoms with van der Waals surface area (Å²) in [7, 11) is -3.93. The van der Waals surface area contributed by atoms with Crippen LogP contribution in [0.2, 0.25) is 0 Å². The second kappa shape index (κ2) is 5.07. The van der Waals surface area contributed by atoms with Gasteiger partial charge in [0.1, 0.15) is 11.6 Å². The van der Waals surface area contributed by atoms with Gasteiger partial charge in [-0.2, -0.15) is 0 Å². The van der Waals surface area contributed by atoms with Crippen LogP contribution in [0.15, 0.2) is 52.3 Å². The highest BCUT2D eigenvalue weighted by molar-refractivity contribution is 7.91. The van der Waals surface area contributed by atoms with E-state index in [1.807, 2.05) is 0 Å². The van der Waals surface area contributed by atoms with Crippen molar-refractivity contribution in [1.29, 1.82) is 0 Å². The molecule has 0 heterocycles. The van der Waals surface area contributed by atoms with Crippen LogP contribution in [0.1, 0.15) is 5.56 Å². The number of hydrogen-bond donors (Lipinski definition) is 1. The Kier molecular flexibility index (Phi) is 3.64. The van der Waals surface area contributed by atoms with Crippen LogP contribution in [0.4, 0.5) is 8.78 Å². The predicted molar refractivity (Wildman–Crippen MR) is 66.1 cm³/mol. The van der Waals surface area contributed by atoms with Crippen molar-refractivity contribution in [2.45, 2.75) is 16.3 Å². The maximum atomic E-state index is 13.1. The minimum absolute atomic E-state index is 0.0327. The van der Waals surface area contributed by atoms with E-state index in [1.165, 1.54) is 12.1 Å². The van der Waals surface area contributed by atoms with E-state index in [9.17, 15) is 17.2 Å². The molecule has 0 fully saturated rings. The van der Waals surface area contributed by atoms with Crippen LogP contribution in [0.25, 0.3) is 0 Å². The minimum Gasteiger partial charge on any atom is -0.326 e. The summed E-state index contributed by atoms with van der Waals surface area (Å²) in [4.78, 5) is -0.444. The minimum atomic E-state index is -3.93. The van der Waals surface area contributed by atoms with Crippen LogP contribution in [-0.4, -0.2) is 8.42 Å². The van der Waals surface area contributed by atoms with Gasteiger partial charge >= 0.3 is 0 Å². The highest BCUT2D eigenvalue weighted by atomic mass is 32.2. The normalized spacial score (nSPS) is 11.5. The lowest BCUT2D eigenvalue weighted by atomic mass is 10.2. The first-order valence-corrected chi connectivity index (χ1v) is 6.92. The lowest BCUT2D eigenvalue weighted by Crippen LogP contribution is -2.04. The average molecular weight is 283 g/mol. The Labute approximate surface area is 109 Å². The van der Waals surface area contributed by atoms with Crippen LogP contribution in [0.3, 0.4) is 0 Å². The smallest absolute Gasteiger partial charge is 0.206 e. The molecule has 0 amide bonds. The Bertz CT molecular complexity index is 677. The van der Waals surface area contributed by atoms with Crippen LogP contribution < -0.4 is 5.73 Å². The van der Waals surface area contributed by atoms with Crippen LogP contribution in [0, 0.1) is 11.6 Å². The second-order valence-electron chi connectivity index (χ2n) is 3.96. The predicted octanol–water partition coefficient (Wildman–Crippen LogP) is 2.26. The summed E-state index contributed by atoms with van der Waals surface area (Å²) in [5, 5.41) is 0. The number of sulfone groups is 1. The highest BCUT2D eigenvalue weighted by Gasteiger charge is 2.19. The van der Waals surface area contributed by atoms with Gasteiger partial charge in [0.05, 0.1) is 9.79 Å². The van der Waals surface area contributed by atoms with Crippen LogP contribution in [-0.2, 0) is 16.4 Å². The molecule has 2 N–H and O–H groups in total. The lowest BCUT2D eigenvalue weighted by molar-refractivity contribution is 0.567. The Morgan fingerprint density at radius 3 is 1.89 bits per heavy atom. The van der Waals surface area contributed by atoms with E-state index in [0.717, 1.165) is 17.7 Å². The van der Waals surface area contributed by atoms with Gasteiger partial charge in [-0.1, -0.05) is 12.1 Å². The summed E-state index contributed by atoms with van der Waals surface area (Å²) < 4.78 is 50.5. The molecule has 3 nitrogen and oxygen atoms in total. The van der Waals surface area contributed by atoms with E-state index < -0.39 is 26.4 Å². The molecule has 0 bridgehead atoms. The van der Waals surface area contributed by atoms with Gasteiger partial charge < -0.3 is 5.73 Å². The molecule has 0 aliphatic heterocycles. The molecular formula is C13H11F2NO2S. The molecule has 0 aromatic heterocycles. The Morgan fingerprint density at radius 2 is 1.42 bits per heavy atom. The van der Waals surface area contributed by atoms with E-state index >= 15 is 0 Å². The summed E-state index contributed by atoms with van der Waals surface area (Å²) >= 11 is 0. The molecule has 0 saturated carbocycles. The fourth-order valence-corrected chi connectivity index (χ4v) is 2.93. The van der Waals surface area contributed by atoms with Crippen molar-refractivity contribution >= 4 is 9.84 Å². The van der Waals surface area contributed by atoms with Crippen molar-refractivity contribution in [3.63, 3.8) is 0 Å². The second-order valence-corrected chi connectivity index (χ2v) is 5.91. The van der Waals surface area contributed by atoms with E-state index in [0.29, 0.717) is 6.07 Å². The zero-order valence-electron chi connectivity index (χ0n) is 9.81. The molecule has 6 heteroatoms. The third-order valence-electron chi connectivity index (χ3n) is 2.62. The molecular weight excluding hydrogens is 272 g/mol. The summed E-state index contributed by atoms with van der Waals surface area (Å²) in [6, 6.07) is 8.03. The first-order valence-electron chi connectivity index (χ1n) is 5.43. The summed E-state index contributed by atoms with van der Waals surface area (Å²) in [5.74, 6) is -1.87. The Hall–Kier alpha value is -1.79. The molecule has 0 spiro atoms. The molecule has 0 atom stereocenters. The van der Waals surface area contributed by atoms with E-state index in [-0.39, 0.29) is 11.4 Å². The molecule has 0 aliphatic carbocycles. The van der Waals surface area contributed by atoms with Gasteiger partial charge in [0.2, 0.25) is 9.84 Å². The molecule has 2 aromatic carbocycles. The van der Waals surface area contributed by atoms with E-state index in [1.54, 1.807) is 12.1 Å². The zero-order chi connectivity index (χ0) is 14.0.